The Bertz CT molecular complexity index is 589. The maximum Gasteiger partial charge on any atom is 0.193 e. The first-order chi connectivity index (χ1) is 12.6. The molecule has 2 saturated heterocycles. The number of rotatable bonds is 6. The van der Waals surface area contributed by atoms with E-state index in [0.29, 0.717) is 11.5 Å². The highest BCUT2D eigenvalue weighted by Crippen LogP contribution is 2.38. The highest BCUT2D eigenvalue weighted by Gasteiger charge is 2.42. The molecule has 1 spiro atoms. The Labute approximate surface area is 181 Å². The molecule has 2 heterocycles. The Kier molecular flexibility index (Phi) is 8.82. The van der Waals surface area contributed by atoms with Crippen molar-refractivity contribution in [3.63, 3.8) is 0 Å². The number of hydrogen-bond acceptors (Lipinski definition) is 3. The van der Waals surface area contributed by atoms with Crippen LogP contribution in [0.15, 0.2) is 35.3 Å². The van der Waals surface area contributed by atoms with Gasteiger partial charge in [0.25, 0.3) is 0 Å². The highest BCUT2D eigenvalue weighted by molar-refractivity contribution is 14.0. The molecule has 1 aromatic carbocycles. The lowest BCUT2D eigenvalue weighted by molar-refractivity contribution is 0.156. The monoisotopic (exact) mass is 486 g/mol. The van der Waals surface area contributed by atoms with E-state index in [1.54, 1.807) is 0 Å². The molecule has 2 unspecified atom stereocenters. The minimum Gasteiger partial charge on any atom is -0.381 e. The van der Waals surface area contributed by atoms with E-state index in [9.17, 15) is 0 Å². The lowest BCUT2D eigenvalue weighted by Crippen LogP contribution is -2.43. The van der Waals surface area contributed by atoms with Crippen LogP contribution in [0.25, 0.3) is 0 Å². The van der Waals surface area contributed by atoms with E-state index in [-0.39, 0.29) is 24.0 Å². The van der Waals surface area contributed by atoms with E-state index in [1.807, 2.05) is 7.05 Å². The lowest BCUT2D eigenvalue weighted by Gasteiger charge is -2.27. The summed E-state index contributed by atoms with van der Waals surface area (Å²) in [7, 11) is 4.10. The molecule has 1 aromatic rings. The van der Waals surface area contributed by atoms with Gasteiger partial charge in [0.15, 0.2) is 5.96 Å². The first-order valence-electron chi connectivity index (χ1n) is 9.89. The number of nitrogens with zero attached hydrogens (tertiary/aromatic N) is 3. The summed E-state index contributed by atoms with van der Waals surface area (Å²) in [6, 6.07) is 11.2. The van der Waals surface area contributed by atoms with E-state index in [2.05, 4.69) is 64.4 Å². The van der Waals surface area contributed by atoms with Gasteiger partial charge in [-0.15, -0.1) is 24.0 Å². The fraction of sp³-hybridized carbons (Fsp3) is 0.667. The minimum absolute atomic E-state index is 0. The molecule has 0 amide bonds. The quantitative estimate of drug-likeness (QED) is 0.381. The van der Waals surface area contributed by atoms with Crippen molar-refractivity contribution in [1.29, 1.82) is 0 Å². The summed E-state index contributed by atoms with van der Waals surface area (Å²) in [6.07, 6.45) is 3.52. The van der Waals surface area contributed by atoms with Crippen LogP contribution in [-0.2, 0) is 11.3 Å². The summed E-state index contributed by atoms with van der Waals surface area (Å²) in [5, 5.41) is 3.58. The Morgan fingerprint density at radius 3 is 2.78 bits per heavy atom. The van der Waals surface area contributed by atoms with Crippen molar-refractivity contribution in [2.24, 2.45) is 10.4 Å². The van der Waals surface area contributed by atoms with Crippen molar-refractivity contribution in [1.82, 2.24) is 15.1 Å². The molecular weight excluding hydrogens is 451 g/mol. The molecule has 152 valence electrons. The fourth-order valence-electron chi connectivity index (χ4n) is 4.06. The number of ether oxygens (including phenoxy) is 1. The summed E-state index contributed by atoms with van der Waals surface area (Å²) in [5.74, 6) is 1.05. The normalized spacial score (nSPS) is 23.7. The van der Waals surface area contributed by atoms with Crippen LogP contribution in [0.2, 0.25) is 0 Å². The van der Waals surface area contributed by atoms with Gasteiger partial charge in [-0.3, -0.25) is 9.89 Å². The second-order valence-corrected chi connectivity index (χ2v) is 7.99. The van der Waals surface area contributed by atoms with Crippen LogP contribution in [0.5, 0.6) is 0 Å². The zero-order valence-electron chi connectivity index (χ0n) is 17.0. The van der Waals surface area contributed by atoms with Crippen LogP contribution in [0.4, 0.5) is 0 Å². The van der Waals surface area contributed by atoms with Crippen LogP contribution < -0.4 is 5.32 Å². The molecule has 0 saturated carbocycles. The molecule has 3 rings (SSSR count). The van der Waals surface area contributed by atoms with Crippen LogP contribution in [0.1, 0.15) is 31.7 Å². The highest BCUT2D eigenvalue weighted by atomic mass is 127. The Morgan fingerprint density at radius 1 is 1.33 bits per heavy atom. The molecule has 0 aromatic heterocycles. The zero-order chi connectivity index (χ0) is 18.4. The number of likely N-dealkylation sites (tertiary alicyclic amines) is 1. The van der Waals surface area contributed by atoms with Gasteiger partial charge in [-0.1, -0.05) is 30.3 Å². The van der Waals surface area contributed by atoms with Crippen molar-refractivity contribution in [2.45, 2.75) is 38.8 Å². The predicted octanol–water partition coefficient (Wildman–Crippen LogP) is 3.20. The number of aliphatic imine (C=N–C) groups is 1. The fourth-order valence-corrected chi connectivity index (χ4v) is 4.06. The third-order valence-electron chi connectivity index (χ3n) is 6.01. The molecule has 1 N–H and O–H groups in total. The van der Waals surface area contributed by atoms with Crippen LogP contribution >= 0.6 is 24.0 Å². The van der Waals surface area contributed by atoms with Gasteiger partial charge in [0.1, 0.15) is 0 Å². The molecule has 6 heteroatoms. The number of nitrogens with one attached hydrogen (secondary N) is 1. The van der Waals surface area contributed by atoms with Gasteiger partial charge in [0, 0.05) is 51.3 Å². The van der Waals surface area contributed by atoms with Crippen LogP contribution in [-0.4, -0.2) is 68.7 Å². The maximum atomic E-state index is 5.64. The van der Waals surface area contributed by atoms with Crippen molar-refractivity contribution in [3.8, 4) is 0 Å². The predicted molar refractivity (Wildman–Crippen MR) is 123 cm³/mol. The van der Waals surface area contributed by atoms with Gasteiger partial charge >= 0.3 is 0 Å². The maximum absolute atomic E-state index is 5.64. The van der Waals surface area contributed by atoms with Crippen molar-refractivity contribution in [2.75, 3.05) is 46.9 Å². The lowest BCUT2D eigenvalue weighted by atomic mass is 9.87. The Morgan fingerprint density at radius 2 is 2.11 bits per heavy atom. The van der Waals surface area contributed by atoms with Crippen molar-refractivity contribution in [3.05, 3.63) is 35.9 Å². The van der Waals surface area contributed by atoms with Gasteiger partial charge in [0.2, 0.25) is 0 Å². The standard InChI is InChI=1S/C21H34N4O.HI/c1-18(24(3)15-19-7-5-4-6-8-19)9-12-23-20(22-2)25-13-10-21(16-25)11-14-26-17-21;/h4-8,18H,9-17H2,1-3H3,(H,22,23);1H. The Hall–Kier alpha value is -0.860. The number of benzene rings is 1. The van der Waals surface area contributed by atoms with Crippen molar-refractivity contribution >= 4 is 29.9 Å². The molecular formula is C21H35IN4O. The number of halogens is 1. The molecule has 5 nitrogen and oxygen atoms in total. The summed E-state index contributed by atoms with van der Waals surface area (Å²) in [4.78, 5) is 9.34. The van der Waals surface area contributed by atoms with Crippen molar-refractivity contribution < 1.29 is 4.74 Å². The zero-order valence-corrected chi connectivity index (χ0v) is 19.3. The van der Waals surface area contributed by atoms with Crippen LogP contribution in [0, 0.1) is 5.41 Å². The first-order valence-corrected chi connectivity index (χ1v) is 9.89. The number of hydrogen-bond donors (Lipinski definition) is 1. The second kappa shape index (κ2) is 10.6. The third-order valence-corrected chi connectivity index (χ3v) is 6.01. The van der Waals surface area contributed by atoms with E-state index >= 15 is 0 Å². The van der Waals surface area contributed by atoms with Gasteiger partial charge in [-0.05, 0) is 38.8 Å². The van der Waals surface area contributed by atoms with E-state index in [1.165, 1.54) is 18.4 Å². The molecule has 2 aliphatic heterocycles. The second-order valence-electron chi connectivity index (χ2n) is 7.99. The average Bonchev–Trinajstić information content (AvgIpc) is 3.29. The minimum atomic E-state index is 0. The number of guanidine groups is 1. The molecule has 2 atom stereocenters. The van der Waals surface area contributed by atoms with E-state index in [4.69, 9.17) is 4.74 Å². The van der Waals surface area contributed by atoms with E-state index < -0.39 is 0 Å². The molecule has 2 fully saturated rings. The summed E-state index contributed by atoms with van der Waals surface area (Å²) in [6.45, 7) is 8.25. The largest absolute Gasteiger partial charge is 0.381 e. The Balaban J connectivity index is 0.00000261. The average molecular weight is 486 g/mol. The van der Waals surface area contributed by atoms with Gasteiger partial charge in [-0.2, -0.15) is 0 Å². The summed E-state index contributed by atoms with van der Waals surface area (Å²) in [5.41, 5.74) is 1.74. The van der Waals surface area contributed by atoms with Gasteiger partial charge in [-0.25, -0.2) is 0 Å². The molecule has 2 aliphatic rings. The van der Waals surface area contributed by atoms with Gasteiger partial charge < -0.3 is 15.0 Å². The van der Waals surface area contributed by atoms with Crippen LogP contribution in [0.3, 0.4) is 0 Å². The molecule has 27 heavy (non-hydrogen) atoms. The third kappa shape index (κ3) is 6.06. The summed E-state index contributed by atoms with van der Waals surface area (Å²) < 4.78 is 5.64. The SMILES string of the molecule is CN=C(NCCC(C)N(C)Cc1ccccc1)N1CCC2(CCOC2)C1.I. The first kappa shape index (κ1) is 22.4. The molecule has 0 radical (unpaired) electrons. The van der Waals surface area contributed by atoms with E-state index in [0.717, 1.165) is 51.8 Å². The topological polar surface area (TPSA) is 40.1 Å². The van der Waals surface area contributed by atoms with Gasteiger partial charge in [0.05, 0.1) is 6.61 Å². The molecule has 0 aliphatic carbocycles. The smallest absolute Gasteiger partial charge is 0.193 e. The molecule has 0 bridgehead atoms. The summed E-state index contributed by atoms with van der Waals surface area (Å²) >= 11 is 0.